The molecular weight excluding hydrogens is 364 g/mol. The molecule has 2 amide bonds. The number of hydrogen-bond acceptors (Lipinski definition) is 4. The first-order valence-electron chi connectivity index (χ1n) is 10.0. The summed E-state index contributed by atoms with van der Waals surface area (Å²) in [6.45, 7) is 5.93. The Morgan fingerprint density at radius 3 is 2.48 bits per heavy atom. The van der Waals surface area contributed by atoms with Crippen molar-refractivity contribution in [1.29, 1.82) is 0 Å². The number of hydrogen-bond donors (Lipinski definition) is 1. The standard InChI is InChI=1S/C23H26N4O2/c1-18-6-5-9-20(16-18)27-22(28)11-10-21(24-27)23(29)26-14-12-25(13-15-26)17-19-7-3-2-4-8-19/h2-10,16,24H,11-15,17H2,1H3. The third-order valence-electron chi connectivity index (χ3n) is 5.36. The summed E-state index contributed by atoms with van der Waals surface area (Å²) in [5.41, 5.74) is 6.61. The Bertz CT molecular complexity index is 917. The quantitative estimate of drug-likeness (QED) is 0.871. The maximum atomic E-state index is 13.0. The Hall–Kier alpha value is -3.12. The van der Waals surface area contributed by atoms with Crippen LogP contribution in [0.1, 0.15) is 17.5 Å². The van der Waals surface area contributed by atoms with Gasteiger partial charge in [-0.1, -0.05) is 42.5 Å². The SMILES string of the molecule is Cc1cccc(N2NC(C(=O)N3CCN(Cc4ccccc4)CC3)=CCC2=O)c1. The van der Waals surface area contributed by atoms with Crippen molar-refractivity contribution >= 4 is 17.5 Å². The molecule has 0 spiro atoms. The Balaban J connectivity index is 1.37. The summed E-state index contributed by atoms with van der Waals surface area (Å²) < 4.78 is 0. The lowest BCUT2D eigenvalue weighted by Gasteiger charge is -2.36. The maximum Gasteiger partial charge on any atom is 0.271 e. The minimum atomic E-state index is -0.0696. The van der Waals surface area contributed by atoms with Gasteiger partial charge in [-0.15, -0.1) is 0 Å². The topological polar surface area (TPSA) is 55.9 Å². The molecule has 150 valence electrons. The molecular formula is C23H26N4O2. The Kier molecular flexibility index (Phi) is 5.62. The van der Waals surface area contributed by atoms with E-state index < -0.39 is 0 Å². The van der Waals surface area contributed by atoms with Crippen molar-refractivity contribution in [3.63, 3.8) is 0 Å². The smallest absolute Gasteiger partial charge is 0.271 e. The van der Waals surface area contributed by atoms with E-state index in [1.165, 1.54) is 10.6 Å². The molecule has 6 nitrogen and oxygen atoms in total. The van der Waals surface area contributed by atoms with Gasteiger partial charge in [-0.25, -0.2) is 5.01 Å². The Morgan fingerprint density at radius 2 is 1.76 bits per heavy atom. The van der Waals surface area contributed by atoms with Gasteiger partial charge in [0.2, 0.25) is 5.91 Å². The molecule has 0 bridgehead atoms. The molecule has 1 saturated heterocycles. The third kappa shape index (κ3) is 4.49. The van der Waals surface area contributed by atoms with Crippen LogP contribution in [0.4, 0.5) is 5.69 Å². The average molecular weight is 390 g/mol. The van der Waals surface area contributed by atoms with Gasteiger partial charge in [-0.05, 0) is 36.3 Å². The number of nitrogens with zero attached hydrogens (tertiary/aromatic N) is 3. The van der Waals surface area contributed by atoms with E-state index in [-0.39, 0.29) is 18.2 Å². The highest BCUT2D eigenvalue weighted by Crippen LogP contribution is 2.20. The zero-order valence-corrected chi connectivity index (χ0v) is 16.7. The minimum absolute atomic E-state index is 0.0467. The van der Waals surface area contributed by atoms with Gasteiger partial charge in [0, 0.05) is 39.1 Å². The van der Waals surface area contributed by atoms with Crippen LogP contribution >= 0.6 is 0 Å². The van der Waals surface area contributed by atoms with Crippen molar-refractivity contribution in [3.05, 3.63) is 77.5 Å². The number of nitrogens with one attached hydrogen (secondary N) is 1. The first-order chi connectivity index (χ1) is 14.1. The maximum absolute atomic E-state index is 13.0. The average Bonchev–Trinajstić information content (AvgIpc) is 2.75. The van der Waals surface area contributed by atoms with Crippen LogP contribution in [0.25, 0.3) is 0 Å². The van der Waals surface area contributed by atoms with Crippen molar-refractivity contribution in [2.75, 3.05) is 31.2 Å². The highest BCUT2D eigenvalue weighted by atomic mass is 16.2. The highest BCUT2D eigenvalue weighted by Gasteiger charge is 2.28. The number of carbonyl (C=O) groups excluding carboxylic acids is 2. The molecule has 0 saturated carbocycles. The van der Waals surface area contributed by atoms with E-state index in [0.717, 1.165) is 30.9 Å². The number of carbonyl (C=O) groups is 2. The van der Waals surface area contributed by atoms with Gasteiger partial charge in [0.1, 0.15) is 5.70 Å². The fourth-order valence-corrected chi connectivity index (χ4v) is 3.74. The number of aryl methyl sites for hydroxylation is 1. The molecule has 0 atom stereocenters. The van der Waals surface area contributed by atoms with Gasteiger partial charge >= 0.3 is 0 Å². The van der Waals surface area contributed by atoms with Crippen LogP contribution in [-0.4, -0.2) is 47.8 Å². The lowest BCUT2D eigenvalue weighted by atomic mass is 10.1. The fourth-order valence-electron chi connectivity index (χ4n) is 3.74. The molecule has 2 aliphatic heterocycles. The van der Waals surface area contributed by atoms with E-state index in [4.69, 9.17) is 0 Å². The molecule has 2 aromatic carbocycles. The molecule has 1 fully saturated rings. The summed E-state index contributed by atoms with van der Waals surface area (Å²) in [4.78, 5) is 29.6. The largest absolute Gasteiger partial charge is 0.335 e. The molecule has 2 aliphatic rings. The molecule has 0 unspecified atom stereocenters. The minimum Gasteiger partial charge on any atom is -0.335 e. The normalized spacial score (nSPS) is 17.7. The van der Waals surface area contributed by atoms with E-state index in [1.54, 1.807) is 6.08 Å². The van der Waals surface area contributed by atoms with Crippen LogP contribution < -0.4 is 10.4 Å². The van der Waals surface area contributed by atoms with Crippen LogP contribution in [0.3, 0.4) is 0 Å². The summed E-state index contributed by atoms with van der Waals surface area (Å²) >= 11 is 0. The number of benzene rings is 2. The fraction of sp³-hybridized carbons (Fsp3) is 0.304. The van der Waals surface area contributed by atoms with Crippen molar-refractivity contribution in [1.82, 2.24) is 15.2 Å². The first-order valence-corrected chi connectivity index (χ1v) is 10.0. The van der Waals surface area contributed by atoms with Crippen molar-refractivity contribution in [3.8, 4) is 0 Å². The summed E-state index contributed by atoms with van der Waals surface area (Å²) in [5.74, 6) is -0.116. The van der Waals surface area contributed by atoms with Gasteiger partial charge in [-0.2, -0.15) is 0 Å². The van der Waals surface area contributed by atoms with E-state index in [2.05, 4.69) is 34.6 Å². The molecule has 29 heavy (non-hydrogen) atoms. The Morgan fingerprint density at radius 1 is 1.00 bits per heavy atom. The van der Waals surface area contributed by atoms with E-state index in [0.29, 0.717) is 18.8 Å². The predicted molar refractivity (Wildman–Crippen MR) is 113 cm³/mol. The molecule has 6 heteroatoms. The van der Waals surface area contributed by atoms with Gasteiger partial charge in [0.25, 0.3) is 5.91 Å². The van der Waals surface area contributed by atoms with Crippen molar-refractivity contribution in [2.24, 2.45) is 0 Å². The molecule has 0 aromatic heterocycles. The number of rotatable bonds is 4. The molecule has 0 radical (unpaired) electrons. The second-order valence-corrected chi connectivity index (χ2v) is 7.56. The van der Waals surface area contributed by atoms with E-state index >= 15 is 0 Å². The summed E-state index contributed by atoms with van der Waals surface area (Å²) in [6, 6.07) is 18.1. The van der Waals surface area contributed by atoms with Crippen molar-refractivity contribution in [2.45, 2.75) is 19.9 Å². The van der Waals surface area contributed by atoms with Crippen LogP contribution in [0, 0.1) is 6.92 Å². The zero-order valence-electron chi connectivity index (χ0n) is 16.7. The molecule has 4 rings (SSSR count). The number of hydrazine groups is 1. The lowest BCUT2D eigenvalue weighted by molar-refractivity contribution is -0.129. The molecule has 1 N–H and O–H groups in total. The van der Waals surface area contributed by atoms with Gasteiger partial charge < -0.3 is 4.90 Å². The van der Waals surface area contributed by atoms with E-state index in [1.807, 2.05) is 42.2 Å². The van der Waals surface area contributed by atoms with Crippen LogP contribution in [0.15, 0.2) is 66.4 Å². The lowest BCUT2D eigenvalue weighted by Crippen LogP contribution is -2.53. The molecule has 2 aromatic rings. The van der Waals surface area contributed by atoms with Crippen molar-refractivity contribution < 1.29 is 9.59 Å². The number of anilines is 1. The highest BCUT2D eigenvalue weighted by molar-refractivity contribution is 6.01. The van der Waals surface area contributed by atoms with Gasteiger partial charge in [-0.3, -0.25) is 19.9 Å². The summed E-state index contributed by atoms with van der Waals surface area (Å²) in [5, 5.41) is 1.48. The first kappa shape index (κ1) is 19.2. The second-order valence-electron chi connectivity index (χ2n) is 7.56. The molecule has 0 aliphatic carbocycles. The third-order valence-corrected chi connectivity index (χ3v) is 5.36. The molecule has 2 heterocycles. The predicted octanol–water partition coefficient (Wildman–Crippen LogP) is 2.46. The van der Waals surface area contributed by atoms with Crippen LogP contribution in [0.5, 0.6) is 0 Å². The summed E-state index contributed by atoms with van der Waals surface area (Å²) in [6.07, 6.45) is 1.92. The van der Waals surface area contributed by atoms with Crippen LogP contribution in [-0.2, 0) is 16.1 Å². The van der Waals surface area contributed by atoms with Gasteiger partial charge in [0.05, 0.1) is 5.69 Å². The Labute approximate surface area is 171 Å². The zero-order chi connectivity index (χ0) is 20.2. The van der Waals surface area contributed by atoms with Crippen LogP contribution in [0.2, 0.25) is 0 Å². The number of piperazine rings is 1. The summed E-state index contributed by atoms with van der Waals surface area (Å²) in [7, 11) is 0. The van der Waals surface area contributed by atoms with E-state index in [9.17, 15) is 9.59 Å². The number of amides is 2. The van der Waals surface area contributed by atoms with Gasteiger partial charge in [0.15, 0.2) is 0 Å². The second kappa shape index (κ2) is 8.49. The monoisotopic (exact) mass is 390 g/mol.